The SMILES string of the molecule is CCc1ccccc1N(CC(=O)N(Cc1ccccc1)[C@H](CC)C(=O)NC1CCCC1)S(=O)(=O)c1ccc(C)cc1. The van der Waals surface area contributed by atoms with Crippen LogP contribution in [0.1, 0.15) is 62.6 Å². The molecule has 0 unspecified atom stereocenters. The molecule has 4 rings (SSSR count). The van der Waals surface area contributed by atoms with Crippen LogP contribution in [0.15, 0.2) is 83.8 Å². The minimum absolute atomic E-state index is 0.111. The lowest BCUT2D eigenvalue weighted by molar-refractivity contribution is -0.140. The topological polar surface area (TPSA) is 86.8 Å². The minimum atomic E-state index is -4.09. The maximum absolute atomic E-state index is 14.2. The number of benzene rings is 3. The van der Waals surface area contributed by atoms with Gasteiger partial charge in [0.25, 0.3) is 10.0 Å². The van der Waals surface area contributed by atoms with Gasteiger partial charge in [-0.3, -0.25) is 13.9 Å². The van der Waals surface area contributed by atoms with Crippen molar-refractivity contribution in [1.82, 2.24) is 10.2 Å². The molecule has 0 heterocycles. The highest BCUT2D eigenvalue weighted by atomic mass is 32.2. The Morgan fingerprint density at radius 2 is 1.54 bits per heavy atom. The Hall–Kier alpha value is -3.65. The summed E-state index contributed by atoms with van der Waals surface area (Å²) < 4.78 is 29.4. The quantitative estimate of drug-likeness (QED) is 0.304. The van der Waals surface area contributed by atoms with Gasteiger partial charge in [-0.05, 0) is 61.9 Å². The molecule has 3 aromatic carbocycles. The smallest absolute Gasteiger partial charge is 0.264 e. The van der Waals surface area contributed by atoms with Gasteiger partial charge in [0.15, 0.2) is 0 Å². The van der Waals surface area contributed by atoms with Crippen LogP contribution in [0.3, 0.4) is 0 Å². The van der Waals surface area contributed by atoms with Crippen LogP contribution in [0.5, 0.6) is 0 Å². The summed E-state index contributed by atoms with van der Waals surface area (Å²) in [6, 6.07) is 22.8. The highest BCUT2D eigenvalue weighted by molar-refractivity contribution is 7.92. The van der Waals surface area contributed by atoms with Gasteiger partial charge in [-0.25, -0.2) is 8.42 Å². The van der Waals surface area contributed by atoms with Crippen LogP contribution >= 0.6 is 0 Å². The number of aryl methyl sites for hydroxylation is 2. The van der Waals surface area contributed by atoms with Crippen molar-refractivity contribution < 1.29 is 18.0 Å². The summed E-state index contributed by atoms with van der Waals surface area (Å²) in [6.45, 7) is 5.52. The summed E-state index contributed by atoms with van der Waals surface area (Å²) >= 11 is 0. The third kappa shape index (κ3) is 7.36. The van der Waals surface area contributed by atoms with Crippen LogP contribution in [0.2, 0.25) is 0 Å². The van der Waals surface area contributed by atoms with E-state index in [0.29, 0.717) is 18.5 Å². The number of nitrogens with one attached hydrogen (secondary N) is 1. The third-order valence-electron chi connectivity index (χ3n) is 7.81. The van der Waals surface area contributed by atoms with Gasteiger partial charge in [-0.1, -0.05) is 92.9 Å². The molecule has 0 aliphatic heterocycles. The second-order valence-corrected chi connectivity index (χ2v) is 12.6. The van der Waals surface area contributed by atoms with E-state index in [1.807, 2.05) is 63.2 Å². The largest absolute Gasteiger partial charge is 0.352 e. The lowest BCUT2D eigenvalue weighted by Gasteiger charge is -2.34. The summed E-state index contributed by atoms with van der Waals surface area (Å²) in [4.78, 5) is 29.4. The molecular weight excluding hydrogens is 534 g/mol. The normalized spacial score (nSPS) is 14.4. The number of carbonyl (C=O) groups is 2. The van der Waals surface area contributed by atoms with Crippen LogP contribution in [-0.4, -0.2) is 43.8 Å². The Bertz CT molecular complexity index is 1420. The van der Waals surface area contributed by atoms with E-state index in [0.717, 1.165) is 42.4 Å². The van der Waals surface area contributed by atoms with Crippen molar-refractivity contribution in [3.63, 3.8) is 0 Å². The number of hydrogen-bond donors (Lipinski definition) is 1. The van der Waals surface area contributed by atoms with Gasteiger partial charge in [0.2, 0.25) is 11.8 Å². The summed E-state index contributed by atoms with van der Waals surface area (Å²) in [7, 11) is -4.09. The number of amides is 2. The first-order chi connectivity index (χ1) is 19.7. The summed E-state index contributed by atoms with van der Waals surface area (Å²) in [5.74, 6) is -0.616. The second-order valence-electron chi connectivity index (χ2n) is 10.7. The van der Waals surface area contributed by atoms with Crippen molar-refractivity contribution in [3.05, 3.63) is 95.6 Å². The van der Waals surface area contributed by atoms with Crippen molar-refractivity contribution in [2.75, 3.05) is 10.8 Å². The van der Waals surface area contributed by atoms with Crippen molar-refractivity contribution in [2.45, 2.75) is 82.8 Å². The van der Waals surface area contributed by atoms with E-state index in [9.17, 15) is 18.0 Å². The summed E-state index contributed by atoms with van der Waals surface area (Å²) in [5, 5.41) is 3.15. The van der Waals surface area contributed by atoms with Gasteiger partial charge in [0, 0.05) is 12.6 Å². The number of rotatable bonds is 12. The molecule has 2 amide bonds. The van der Waals surface area contributed by atoms with Crippen LogP contribution < -0.4 is 9.62 Å². The maximum atomic E-state index is 14.2. The van der Waals surface area contributed by atoms with Gasteiger partial charge in [0.1, 0.15) is 12.6 Å². The van der Waals surface area contributed by atoms with Crippen LogP contribution in [0, 0.1) is 6.92 Å². The van der Waals surface area contributed by atoms with Crippen molar-refractivity contribution >= 4 is 27.5 Å². The molecule has 0 aromatic heterocycles. The van der Waals surface area contributed by atoms with Gasteiger partial charge >= 0.3 is 0 Å². The molecular formula is C33H41N3O4S. The monoisotopic (exact) mass is 575 g/mol. The number of nitrogens with zero attached hydrogens (tertiary/aromatic N) is 2. The van der Waals surface area contributed by atoms with E-state index in [-0.39, 0.29) is 23.4 Å². The first-order valence-electron chi connectivity index (χ1n) is 14.6. The third-order valence-corrected chi connectivity index (χ3v) is 9.59. The molecule has 8 heteroatoms. The predicted octanol–water partition coefficient (Wildman–Crippen LogP) is 5.62. The van der Waals surface area contributed by atoms with Gasteiger partial charge in [-0.2, -0.15) is 0 Å². The fraction of sp³-hybridized carbons (Fsp3) is 0.394. The lowest BCUT2D eigenvalue weighted by atomic mass is 10.1. The molecule has 0 bridgehead atoms. The molecule has 7 nitrogen and oxygen atoms in total. The fourth-order valence-corrected chi connectivity index (χ4v) is 6.92. The van der Waals surface area contributed by atoms with Crippen LogP contribution in [0.25, 0.3) is 0 Å². The first kappa shape index (κ1) is 30.3. The molecule has 3 aromatic rings. The van der Waals surface area contributed by atoms with Gasteiger partial charge in [0.05, 0.1) is 10.6 Å². The molecule has 1 atom stereocenters. The predicted molar refractivity (Wildman–Crippen MR) is 163 cm³/mol. The zero-order chi connectivity index (χ0) is 29.4. The lowest BCUT2D eigenvalue weighted by Crippen LogP contribution is -2.53. The molecule has 1 N–H and O–H groups in total. The Labute approximate surface area is 244 Å². The number of anilines is 1. The number of para-hydroxylation sites is 1. The van der Waals surface area contributed by atoms with E-state index >= 15 is 0 Å². The second kappa shape index (κ2) is 13.8. The standard InChI is InChI=1S/C33H41N3O4S/c1-4-27-15-9-12-18-31(27)36(41(39,40)29-21-19-25(3)20-22-29)24-32(37)35(23-26-13-7-6-8-14-26)30(5-2)33(38)34-28-16-10-11-17-28/h6-9,12-15,18-22,28,30H,4-5,10-11,16-17,23-24H2,1-3H3,(H,34,38)/t30-/m1/s1. The van der Waals surface area contributed by atoms with Crippen molar-refractivity contribution in [1.29, 1.82) is 0 Å². The van der Waals surface area contributed by atoms with Gasteiger partial charge in [-0.15, -0.1) is 0 Å². The molecule has 218 valence electrons. The summed E-state index contributed by atoms with van der Waals surface area (Å²) in [6.07, 6.45) is 5.04. The Balaban J connectivity index is 1.73. The number of carbonyl (C=O) groups excluding carboxylic acids is 2. The zero-order valence-electron chi connectivity index (χ0n) is 24.3. The van der Waals surface area contributed by atoms with E-state index in [4.69, 9.17) is 0 Å². The van der Waals surface area contributed by atoms with Gasteiger partial charge < -0.3 is 10.2 Å². The molecule has 41 heavy (non-hydrogen) atoms. The minimum Gasteiger partial charge on any atom is -0.352 e. The van der Waals surface area contributed by atoms with E-state index in [2.05, 4.69) is 5.32 Å². The van der Waals surface area contributed by atoms with E-state index < -0.39 is 28.5 Å². The molecule has 1 fully saturated rings. The van der Waals surface area contributed by atoms with E-state index in [1.54, 1.807) is 41.3 Å². The fourth-order valence-electron chi connectivity index (χ4n) is 5.47. The molecule has 0 radical (unpaired) electrons. The molecule has 1 aliphatic rings. The average molecular weight is 576 g/mol. The molecule has 1 aliphatic carbocycles. The molecule has 0 spiro atoms. The molecule has 1 saturated carbocycles. The Kier molecular flexibility index (Phi) is 10.2. The van der Waals surface area contributed by atoms with Crippen molar-refractivity contribution in [2.24, 2.45) is 0 Å². The average Bonchev–Trinajstić information content (AvgIpc) is 3.49. The summed E-state index contributed by atoms with van der Waals surface area (Å²) in [5.41, 5.74) is 3.09. The van der Waals surface area contributed by atoms with E-state index in [1.165, 1.54) is 4.31 Å². The Morgan fingerprint density at radius 3 is 2.17 bits per heavy atom. The van der Waals surface area contributed by atoms with Crippen molar-refractivity contribution in [3.8, 4) is 0 Å². The van der Waals surface area contributed by atoms with Crippen LogP contribution in [0.4, 0.5) is 5.69 Å². The Morgan fingerprint density at radius 1 is 0.902 bits per heavy atom. The highest BCUT2D eigenvalue weighted by Crippen LogP contribution is 2.29. The number of hydrogen-bond acceptors (Lipinski definition) is 4. The number of sulfonamides is 1. The zero-order valence-corrected chi connectivity index (χ0v) is 25.1. The highest BCUT2D eigenvalue weighted by Gasteiger charge is 2.35. The maximum Gasteiger partial charge on any atom is 0.264 e. The van der Waals surface area contributed by atoms with Crippen LogP contribution in [-0.2, 0) is 32.6 Å². The molecule has 0 saturated heterocycles. The first-order valence-corrected chi connectivity index (χ1v) is 16.0.